The summed E-state index contributed by atoms with van der Waals surface area (Å²) in [5.74, 6) is 0.401. The summed E-state index contributed by atoms with van der Waals surface area (Å²) in [5, 5.41) is 2.92. The Balaban J connectivity index is 1.46. The summed E-state index contributed by atoms with van der Waals surface area (Å²) in [6, 6.07) is 13.7. The third-order valence-corrected chi connectivity index (χ3v) is 4.86. The number of rotatable bonds is 6. The second-order valence-corrected chi connectivity index (χ2v) is 6.49. The first-order chi connectivity index (χ1) is 12.2. The zero-order chi connectivity index (χ0) is 17.6. The number of hydrogen-bond donors (Lipinski definition) is 1. The molecule has 132 valence electrons. The van der Waals surface area contributed by atoms with Gasteiger partial charge in [-0.15, -0.1) is 0 Å². The maximum absolute atomic E-state index is 12.2. The SMILES string of the molecule is CCn1ccc(C(=O)NCCN2CCC(c3ccccc3)C2)cc1=O. The van der Waals surface area contributed by atoms with Crippen molar-refractivity contribution in [3.05, 3.63) is 70.1 Å². The molecule has 5 heteroatoms. The van der Waals surface area contributed by atoms with Crippen LogP contribution in [0, 0.1) is 0 Å². The van der Waals surface area contributed by atoms with E-state index < -0.39 is 0 Å². The first-order valence-corrected chi connectivity index (χ1v) is 8.93. The Bertz CT molecular complexity index is 770. The van der Waals surface area contributed by atoms with Crippen LogP contribution in [0.1, 0.15) is 35.2 Å². The zero-order valence-electron chi connectivity index (χ0n) is 14.6. The molecule has 1 unspecified atom stereocenters. The Morgan fingerprint density at radius 2 is 2.04 bits per heavy atom. The van der Waals surface area contributed by atoms with Gasteiger partial charge in [-0.3, -0.25) is 9.59 Å². The first-order valence-electron chi connectivity index (χ1n) is 8.93. The Morgan fingerprint density at radius 3 is 2.76 bits per heavy atom. The van der Waals surface area contributed by atoms with Gasteiger partial charge in [0.05, 0.1) is 0 Å². The summed E-state index contributed by atoms with van der Waals surface area (Å²) in [6.07, 6.45) is 2.83. The fraction of sp³-hybridized carbons (Fsp3) is 0.400. The van der Waals surface area contributed by atoms with Crippen molar-refractivity contribution in [2.45, 2.75) is 25.8 Å². The van der Waals surface area contributed by atoms with E-state index in [1.807, 2.05) is 13.0 Å². The monoisotopic (exact) mass is 339 g/mol. The minimum atomic E-state index is -0.181. The molecule has 1 N–H and O–H groups in total. The van der Waals surface area contributed by atoms with Crippen LogP contribution in [0.4, 0.5) is 0 Å². The van der Waals surface area contributed by atoms with Crippen LogP contribution in [0.15, 0.2) is 53.5 Å². The van der Waals surface area contributed by atoms with Crippen LogP contribution in [-0.4, -0.2) is 41.6 Å². The normalized spacial score (nSPS) is 17.6. The largest absolute Gasteiger partial charge is 0.351 e. The quantitative estimate of drug-likeness (QED) is 0.877. The summed E-state index contributed by atoms with van der Waals surface area (Å²) in [6.45, 7) is 6.03. The van der Waals surface area contributed by atoms with Gasteiger partial charge in [-0.05, 0) is 37.4 Å². The third-order valence-electron chi connectivity index (χ3n) is 4.86. The van der Waals surface area contributed by atoms with Crippen molar-refractivity contribution in [1.82, 2.24) is 14.8 Å². The molecule has 5 nitrogen and oxygen atoms in total. The molecule has 1 aliphatic heterocycles. The fourth-order valence-electron chi connectivity index (χ4n) is 3.37. The molecule has 2 aromatic rings. The number of carbonyl (C=O) groups is 1. The number of likely N-dealkylation sites (tertiary alicyclic amines) is 1. The molecule has 1 atom stereocenters. The van der Waals surface area contributed by atoms with Crippen molar-refractivity contribution >= 4 is 5.91 Å². The van der Waals surface area contributed by atoms with Gasteiger partial charge in [0.1, 0.15) is 0 Å². The predicted molar refractivity (Wildman–Crippen MR) is 98.9 cm³/mol. The average molecular weight is 339 g/mol. The molecule has 25 heavy (non-hydrogen) atoms. The maximum atomic E-state index is 12.2. The van der Waals surface area contributed by atoms with E-state index in [9.17, 15) is 9.59 Å². The molecule has 1 saturated heterocycles. The standard InChI is InChI=1S/C20H25N3O2/c1-2-23-12-9-17(14-19(23)24)20(25)21-10-13-22-11-8-18(15-22)16-6-4-3-5-7-16/h3-7,9,12,14,18H,2,8,10-11,13,15H2,1H3,(H,21,25). The minimum Gasteiger partial charge on any atom is -0.351 e. The number of hydrogen-bond acceptors (Lipinski definition) is 3. The van der Waals surface area contributed by atoms with E-state index >= 15 is 0 Å². The third kappa shape index (κ3) is 4.37. The summed E-state index contributed by atoms with van der Waals surface area (Å²) in [4.78, 5) is 26.4. The first kappa shape index (κ1) is 17.4. The van der Waals surface area contributed by atoms with Crippen LogP contribution < -0.4 is 10.9 Å². The molecular formula is C20H25N3O2. The van der Waals surface area contributed by atoms with Crippen LogP contribution in [0.2, 0.25) is 0 Å². The zero-order valence-corrected chi connectivity index (χ0v) is 14.6. The van der Waals surface area contributed by atoms with Gasteiger partial charge in [0.25, 0.3) is 11.5 Å². The van der Waals surface area contributed by atoms with Gasteiger partial charge in [0.15, 0.2) is 0 Å². The molecule has 0 aliphatic carbocycles. The number of aromatic nitrogens is 1. The van der Waals surface area contributed by atoms with Gasteiger partial charge >= 0.3 is 0 Å². The molecule has 1 amide bonds. The summed E-state index contributed by atoms with van der Waals surface area (Å²) < 4.78 is 1.57. The highest BCUT2D eigenvalue weighted by Gasteiger charge is 2.23. The Hall–Kier alpha value is -2.40. The maximum Gasteiger partial charge on any atom is 0.251 e. The van der Waals surface area contributed by atoms with Crippen molar-refractivity contribution in [2.75, 3.05) is 26.2 Å². The second-order valence-electron chi connectivity index (χ2n) is 6.49. The topological polar surface area (TPSA) is 54.3 Å². The highest BCUT2D eigenvalue weighted by atomic mass is 16.2. The Kier molecular flexibility index (Phi) is 5.66. The van der Waals surface area contributed by atoms with E-state index in [0.717, 1.165) is 26.1 Å². The molecule has 1 aromatic carbocycles. The molecule has 2 heterocycles. The van der Waals surface area contributed by atoms with Crippen LogP contribution in [0.3, 0.4) is 0 Å². The van der Waals surface area contributed by atoms with Crippen LogP contribution in [0.5, 0.6) is 0 Å². The van der Waals surface area contributed by atoms with E-state index in [2.05, 4.69) is 34.5 Å². The van der Waals surface area contributed by atoms with Gasteiger partial charge in [-0.25, -0.2) is 0 Å². The van der Waals surface area contributed by atoms with Gasteiger partial charge in [0.2, 0.25) is 0 Å². The number of amides is 1. The molecule has 1 aromatic heterocycles. The lowest BCUT2D eigenvalue weighted by Crippen LogP contribution is -2.34. The van der Waals surface area contributed by atoms with Crippen molar-refractivity contribution in [3.8, 4) is 0 Å². The lowest BCUT2D eigenvalue weighted by molar-refractivity contribution is 0.0949. The lowest BCUT2D eigenvalue weighted by atomic mass is 9.99. The van der Waals surface area contributed by atoms with Gasteiger partial charge in [-0.1, -0.05) is 30.3 Å². The second kappa shape index (κ2) is 8.12. The Labute approximate surface area is 148 Å². The number of pyridine rings is 1. The van der Waals surface area contributed by atoms with E-state index in [0.29, 0.717) is 24.6 Å². The molecule has 0 spiro atoms. The van der Waals surface area contributed by atoms with Gasteiger partial charge in [0, 0.05) is 44.0 Å². The lowest BCUT2D eigenvalue weighted by Gasteiger charge is -2.16. The number of aryl methyl sites for hydroxylation is 1. The van der Waals surface area contributed by atoms with E-state index in [4.69, 9.17) is 0 Å². The predicted octanol–water partition coefficient (Wildman–Crippen LogP) is 2.09. The molecule has 0 saturated carbocycles. The number of carbonyl (C=O) groups excluding carboxylic acids is 1. The average Bonchev–Trinajstić information content (AvgIpc) is 3.11. The molecule has 0 radical (unpaired) electrons. The van der Waals surface area contributed by atoms with E-state index in [1.54, 1.807) is 16.8 Å². The minimum absolute atomic E-state index is 0.139. The van der Waals surface area contributed by atoms with Gasteiger partial charge < -0.3 is 14.8 Å². The highest BCUT2D eigenvalue weighted by molar-refractivity contribution is 5.93. The van der Waals surface area contributed by atoms with Crippen LogP contribution in [0.25, 0.3) is 0 Å². The molecule has 1 fully saturated rings. The van der Waals surface area contributed by atoms with Crippen LogP contribution in [-0.2, 0) is 6.54 Å². The summed E-state index contributed by atoms with van der Waals surface area (Å²) in [5.41, 5.74) is 1.68. The van der Waals surface area contributed by atoms with E-state index in [-0.39, 0.29) is 11.5 Å². The summed E-state index contributed by atoms with van der Waals surface area (Å²) >= 11 is 0. The molecule has 3 rings (SSSR count). The number of benzene rings is 1. The van der Waals surface area contributed by atoms with Crippen molar-refractivity contribution in [1.29, 1.82) is 0 Å². The Morgan fingerprint density at radius 1 is 1.24 bits per heavy atom. The van der Waals surface area contributed by atoms with Crippen LogP contribution >= 0.6 is 0 Å². The number of nitrogens with one attached hydrogen (secondary N) is 1. The smallest absolute Gasteiger partial charge is 0.251 e. The number of nitrogens with zero attached hydrogens (tertiary/aromatic N) is 2. The fourth-order valence-corrected chi connectivity index (χ4v) is 3.37. The van der Waals surface area contributed by atoms with Crippen molar-refractivity contribution in [2.24, 2.45) is 0 Å². The van der Waals surface area contributed by atoms with E-state index in [1.165, 1.54) is 11.6 Å². The van der Waals surface area contributed by atoms with Gasteiger partial charge in [-0.2, -0.15) is 0 Å². The van der Waals surface area contributed by atoms with Crippen molar-refractivity contribution in [3.63, 3.8) is 0 Å². The van der Waals surface area contributed by atoms with Crippen molar-refractivity contribution < 1.29 is 4.79 Å². The molecule has 0 bridgehead atoms. The highest BCUT2D eigenvalue weighted by Crippen LogP contribution is 2.26. The molecular weight excluding hydrogens is 314 g/mol. The molecule has 1 aliphatic rings. The summed E-state index contributed by atoms with van der Waals surface area (Å²) in [7, 11) is 0.